The molecule has 1 heteroatoms. The molecule has 0 aliphatic heterocycles. The Bertz CT molecular complexity index is 996. The molecule has 25 heavy (non-hydrogen) atoms. The SMILES string of the molecule is C[SiH](C)C1c2ccccc2-c2cccc(C3C=Cc4ccccc43)c21. The van der Waals surface area contributed by atoms with Crippen molar-refractivity contribution in [3.05, 3.63) is 101 Å². The summed E-state index contributed by atoms with van der Waals surface area (Å²) in [6.07, 6.45) is 4.69. The van der Waals surface area contributed by atoms with Crippen molar-refractivity contribution in [1.29, 1.82) is 0 Å². The third kappa shape index (κ3) is 2.12. The van der Waals surface area contributed by atoms with Gasteiger partial charge in [-0.25, -0.2) is 0 Å². The van der Waals surface area contributed by atoms with Gasteiger partial charge in [-0.15, -0.1) is 0 Å². The van der Waals surface area contributed by atoms with Gasteiger partial charge in [-0.05, 0) is 38.9 Å². The molecule has 0 radical (unpaired) electrons. The summed E-state index contributed by atoms with van der Waals surface area (Å²) < 4.78 is 0. The highest BCUT2D eigenvalue weighted by atomic mass is 28.3. The van der Waals surface area contributed by atoms with Gasteiger partial charge < -0.3 is 0 Å². The van der Waals surface area contributed by atoms with E-state index in [1.807, 2.05) is 0 Å². The van der Waals surface area contributed by atoms with Crippen LogP contribution in [-0.2, 0) is 0 Å². The van der Waals surface area contributed by atoms with Gasteiger partial charge in [0.1, 0.15) is 0 Å². The van der Waals surface area contributed by atoms with Crippen LogP contribution in [0.25, 0.3) is 17.2 Å². The van der Waals surface area contributed by atoms with Crippen molar-refractivity contribution in [2.45, 2.75) is 24.6 Å². The molecule has 2 atom stereocenters. The third-order valence-corrected chi connectivity index (χ3v) is 7.86. The first kappa shape index (κ1) is 14.9. The van der Waals surface area contributed by atoms with Crippen LogP contribution in [-0.4, -0.2) is 8.80 Å². The second kappa shape index (κ2) is 5.57. The summed E-state index contributed by atoms with van der Waals surface area (Å²) in [6.45, 7) is 4.98. The molecule has 0 nitrogen and oxygen atoms in total. The van der Waals surface area contributed by atoms with Gasteiger partial charge in [-0.1, -0.05) is 92.0 Å². The molecule has 5 rings (SSSR count). The van der Waals surface area contributed by atoms with E-state index in [0.717, 1.165) is 0 Å². The van der Waals surface area contributed by atoms with Crippen LogP contribution >= 0.6 is 0 Å². The van der Waals surface area contributed by atoms with Crippen molar-refractivity contribution in [1.82, 2.24) is 0 Å². The molecule has 0 saturated carbocycles. The molecule has 2 unspecified atom stereocenters. The first-order valence-corrected chi connectivity index (χ1v) is 12.2. The van der Waals surface area contributed by atoms with Crippen LogP contribution in [0.2, 0.25) is 13.1 Å². The fraction of sp³-hybridized carbons (Fsp3) is 0.167. The number of rotatable bonds is 2. The predicted molar refractivity (Wildman–Crippen MR) is 110 cm³/mol. The Labute approximate surface area is 151 Å². The normalized spacial score (nSPS) is 19.8. The van der Waals surface area contributed by atoms with Gasteiger partial charge in [0.05, 0.1) is 0 Å². The Kier molecular flexibility index (Phi) is 3.32. The van der Waals surface area contributed by atoms with Crippen molar-refractivity contribution in [3.63, 3.8) is 0 Å². The third-order valence-electron chi connectivity index (χ3n) is 5.84. The summed E-state index contributed by atoms with van der Waals surface area (Å²) in [5.74, 6) is 0.399. The monoisotopic (exact) mass is 338 g/mol. The lowest BCUT2D eigenvalue weighted by atomic mass is 9.87. The molecule has 0 N–H and O–H groups in total. The van der Waals surface area contributed by atoms with Gasteiger partial charge in [0.25, 0.3) is 0 Å². The second-order valence-electron chi connectivity index (χ2n) is 7.58. The molecular formula is C24H22Si. The number of benzene rings is 3. The minimum Gasteiger partial charge on any atom is -0.0720 e. The summed E-state index contributed by atoms with van der Waals surface area (Å²) in [6, 6.07) is 24.9. The van der Waals surface area contributed by atoms with E-state index in [0.29, 0.717) is 11.5 Å². The van der Waals surface area contributed by atoms with Crippen molar-refractivity contribution >= 4 is 14.9 Å². The van der Waals surface area contributed by atoms with E-state index in [2.05, 4.69) is 92.0 Å². The lowest BCUT2D eigenvalue weighted by Crippen LogP contribution is -2.17. The number of hydrogen-bond acceptors (Lipinski definition) is 0. The molecule has 3 aromatic rings. The van der Waals surface area contributed by atoms with Gasteiger partial charge in [-0.2, -0.15) is 0 Å². The van der Waals surface area contributed by atoms with Crippen molar-refractivity contribution in [2.24, 2.45) is 0 Å². The van der Waals surface area contributed by atoms with Gasteiger partial charge in [0, 0.05) is 20.3 Å². The van der Waals surface area contributed by atoms with E-state index in [1.165, 1.54) is 27.8 Å². The van der Waals surface area contributed by atoms with Gasteiger partial charge >= 0.3 is 0 Å². The smallest absolute Gasteiger partial charge is 0.0444 e. The fourth-order valence-electron chi connectivity index (χ4n) is 4.82. The largest absolute Gasteiger partial charge is 0.0720 e. The van der Waals surface area contributed by atoms with Crippen LogP contribution in [0.4, 0.5) is 0 Å². The molecule has 0 bridgehead atoms. The molecule has 0 fully saturated rings. The van der Waals surface area contributed by atoms with E-state index in [-0.39, 0.29) is 0 Å². The summed E-state index contributed by atoms with van der Waals surface area (Å²) in [7, 11) is -0.878. The topological polar surface area (TPSA) is 0 Å². The molecule has 3 aromatic carbocycles. The molecular weight excluding hydrogens is 316 g/mol. The van der Waals surface area contributed by atoms with Crippen LogP contribution in [0.3, 0.4) is 0 Å². The minimum absolute atomic E-state index is 0.399. The first-order chi connectivity index (χ1) is 12.3. The number of hydrogen-bond donors (Lipinski definition) is 0. The Morgan fingerprint density at radius 2 is 1.36 bits per heavy atom. The predicted octanol–water partition coefficient (Wildman–Crippen LogP) is 5.98. The van der Waals surface area contributed by atoms with E-state index < -0.39 is 8.80 Å². The highest BCUT2D eigenvalue weighted by molar-refractivity contribution is 6.59. The summed E-state index contributed by atoms with van der Waals surface area (Å²) in [4.78, 5) is 0. The van der Waals surface area contributed by atoms with Crippen molar-refractivity contribution in [3.8, 4) is 11.1 Å². The molecule has 0 aromatic heterocycles. The highest BCUT2D eigenvalue weighted by Gasteiger charge is 2.35. The van der Waals surface area contributed by atoms with Gasteiger partial charge in [0.2, 0.25) is 0 Å². The molecule has 0 spiro atoms. The van der Waals surface area contributed by atoms with Crippen LogP contribution in [0.5, 0.6) is 0 Å². The minimum atomic E-state index is -0.878. The molecule has 0 amide bonds. The standard InChI is InChI=1S/C24H22Si/c1-25(2)24-22-11-6-5-10-18(22)20-12-7-13-21(23(20)24)19-15-14-16-8-3-4-9-17(16)19/h3-15,19,24-25H,1-2H3. The maximum atomic E-state index is 2.49. The Morgan fingerprint density at radius 3 is 2.20 bits per heavy atom. The average Bonchev–Trinajstić information content (AvgIpc) is 3.21. The summed E-state index contributed by atoms with van der Waals surface area (Å²) >= 11 is 0. The Hall–Kier alpha value is -2.38. The van der Waals surface area contributed by atoms with E-state index >= 15 is 0 Å². The van der Waals surface area contributed by atoms with E-state index in [1.54, 1.807) is 11.1 Å². The maximum Gasteiger partial charge on any atom is 0.0444 e. The molecule has 2 aliphatic rings. The zero-order valence-corrected chi connectivity index (χ0v) is 15.9. The maximum absolute atomic E-state index is 2.49. The summed E-state index contributed by atoms with van der Waals surface area (Å²) in [5, 5.41) is 0. The van der Waals surface area contributed by atoms with Gasteiger partial charge in [0.15, 0.2) is 0 Å². The van der Waals surface area contributed by atoms with Crippen LogP contribution in [0.15, 0.2) is 72.8 Å². The lowest BCUT2D eigenvalue weighted by Gasteiger charge is -2.23. The lowest BCUT2D eigenvalue weighted by molar-refractivity contribution is 0.997. The zero-order valence-electron chi connectivity index (χ0n) is 14.7. The van der Waals surface area contributed by atoms with Crippen LogP contribution in [0, 0.1) is 0 Å². The molecule has 0 saturated heterocycles. The van der Waals surface area contributed by atoms with Crippen LogP contribution in [0.1, 0.15) is 39.3 Å². The number of fused-ring (bicyclic) bond motifs is 4. The van der Waals surface area contributed by atoms with E-state index in [9.17, 15) is 0 Å². The second-order valence-corrected chi connectivity index (χ2v) is 10.7. The van der Waals surface area contributed by atoms with Crippen LogP contribution < -0.4 is 0 Å². The zero-order chi connectivity index (χ0) is 17.0. The van der Waals surface area contributed by atoms with Gasteiger partial charge in [-0.3, -0.25) is 0 Å². The molecule has 0 heterocycles. The molecule has 122 valence electrons. The average molecular weight is 339 g/mol. The fourth-order valence-corrected chi connectivity index (χ4v) is 6.87. The summed E-state index contributed by atoms with van der Waals surface area (Å²) in [5.41, 5.74) is 11.1. The van der Waals surface area contributed by atoms with Crippen molar-refractivity contribution in [2.75, 3.05) is 0 Å². The first-order valence-electron chi connectivity index (χ1n) is 9.25. The Balaban J connectivity index is 1.75. The quantitative estimate of drug-likeness (QED) is 0.504. The van der Waals surface area contributed by atoms with Crippen molar-refractivity contribution < 1.29 is 0 Å². The Morgan fingerprint density at radius 1 is 0.680 bits per heavy atom. The molecule has 2 aliphatic carbocycles. The van der Waals surface area contributed by atoms with E-state index in [4.69, 9.17) is 0 Å². The highest BCUT2D eigenvalue weighted by Crippen LogP contribution is 2.50. The number of allylic oxidation sites excluding steroid dienone is 1.